The number of anilines is 1. The zero-order chi connectivity index (χ0) is 24.7. The predicted molar refractivity (Wildman–Crippen MR) is 130 cm³/mol. The minimum absolute atomic E-state index is 0.115. The van der Waals surface area contributed by atoms with Gasteiger partial charge in [-0.3, -0.25) is 9.59 Å². The number of esters is 1. The summed E-state index contributed by atoms with van der Waals surface area (Å²) in [5.41, 5.74) is 4.05. The Morgan fingerprint density at radius 2 is 1.71 bits per heavy atom. The molecular formula is C24H19Cl2N3O5. The van der Waals surface area contributed by atoms with Crippen molar-refractivity contribution < 1.29 is 23.9 Å². The first-order valence-electron chi connectivity index (χ1n) is 9.84. The monoisotopic (exact) mass is 499 g/mol. The van der Waals surface area contributed by atoms with E-state index in [1.807, 2.05) is 19.1 Å². The normalized spacial score (nSPS) is 10.6. The molecule has 174 valence electrons. The Balaban J connectivity index is 1.63. The molecule has 2 N–H and O–H groups in total. The summed E-state index contributed by atoms with van der Waals surface area (Å²) in [7, 11) is 1.43. The van der Waals surface area contributed by atoms with Crippen molar-refractivity contribution in [2.45, 2.75) is 6.92 Å². The first-order valence-corrected chi connectivity index (χ1v) is 10.6. The van der Waals surface area contributed by atoms with Crippen LogP contribution in [0.4, 0.5) is 5.69 Å². The average molecular weight is 500 g/mol. The number of methoxy groups -OCH3 is 1. The van der Waals surface area contributed by atoms with E-state index >= 15 is 0 Å². The fourth-order valence-electron chi connectivity index (χ4n) is 2.80. The summed E-state index contributed by atoms with van der Waals surface area (Å²) < 4.78 is 10.7. The van der Waals surface area contributed by atoms with E-state index in [-0.39, 0.29) is 27.2 Å². The molecular weight excluding hydrogens is 481 g/mol. The van der Waals surface area contributed by atoms with Crippen LogP contribution in [0.5, 0.6) is 11.5 Å². The summed E-state index contributed by atoms with van der Waals surface area (Å²) >= 11 is 11.9. The van der Waals surface area contributed by atoms with Gasteiger partial charge in [-0.2, -0.15) is 5.10 Å². The molecule has 0 aliphatic rings. The Labute approximate surface area is 205 Å². The number of nitrogens with zero attached hydrogens (tertiary/aromatic N) is 1. The van der Waals surface area contributed by atoms with Gasteiger partial charge in [-0.25, -0.2) is 10.2 Å². The number of hydrogen-bond acceptors (Lipinski definition) is 6. The van der Waals surface area contributed by atoms with Gasteiger partial charge in [-0.1, -0.05) is 47.5 Å². The number of hydrazone groups is 1. The highest BCUT2D eigenvalue weighted by molar-refractivity contribution is 6.45. The maximum atomic E-state index is 12.5. The SMILES string of the molecule is COc1cc(C=NNC(=O)C(=O)Nc2cccc(Cl)c2Cl)ccc1OC(=O)c1ccccc1C. The van der Waals surface area contributed by atoms with E-state index in [2.05, 4.69) is 15.8 Å². The van der Waals surface area contributed by atoms with Gasteiger partial charge in [0.15, 0.2) is 11.5 Å². The Kier molecular flexibility index (Phi) is 8.24. The van der Waals surface area contributed by atoms with E-state index in [0.717, 1.165) is 5.56 Å². The van der Waals surface area contributed by atoms with Gasteiger partial charge in [-0.15, -0.1) is 0 Å². The second-order valence-corrected chi connectivity index (χ2v) is 7.65. The molecule has 0 atom stereocenters. The zero-order valence-corrected chi connectivity index (χ0v) is 19.6. The van der Waals surface area contributed by atoms with Crippen molar-refractivity contribution >= 4 is 52.9 Å². The molecule has 0 spiro atoms. The molecule has 0 radical (unpaired) electrons. The molecule has 0 aromatic heterocycles. The molecule has 0 unspecified atom stereocenters. The van der Waals surface area contributed by atoms with Gasteiger partial charge < -0.3 is 14.8 Å². The van der Waals surface area contributed by atoms with E-state index in [1.165, 1.54) is 25.5 Å². The second-order valence-electron chi connectivity index (χ2n) is 6.87. The third-order valence-corrected chi connectivity index (χ3v) is 5.36. The zero-order valence-electron chi connectivity index (χ0n) is 18.1. The van der Waals surface area contributed by atoms with Gasteiger partial charge in [0.2, 0.25) is 0 Å². The van der Waals surface area contributed by atoms with Crippen molar-refractivity contribution in [1.82, 2.24) is 5.43 Å². The number of hydrogen-bond donors (Lipinski definition) is 2. The molecule has 10 heteroatoms. The molecule has 3 aromatic rings. The molecule has 0 bridgehead atoms. The summed E-state index contributed by atoms with van der Waals surface area (Å²) in [6.45, 7) is 1.81. The van der Waals surface area contributed by atoms with Crippen LogP contribution in [0.1, 0.15) is 21.5 Å². The van der Waals surface area contributed by atoms with E-state index in [0.29, 0.717) is 11.1 Å². The molecule has 8 nitrogen and oxygen atoms in total. The van der Waals surface area contributed by atoms with Crippen molar-refractivity contribution in [3.63, 3.8) is 0 Å². The highest BCUT2D eigenvalue weighted by Gasteiger charge is 2.16. The largest absolute Gasteiger partial charge is 0.493 e. The molecule has 2 amide bonds. The van der Waals surface area contributed by atoms with Crippen LogP contribution in [0.15, 0.2) is 65.8 Å². The van der Waals surface area contributed by atoms with Crippen LogP contribution in [0, 0.1) is 6.92 Å². The number of ether oxygens (including phenoxy) is 2. The fraction of sp³-hybridized carbons (Fsp3) is 0.0833. The van der Waals surface area contributed by atoms with Crippen molar-refractivity contribution in [3.8, 4) is 11.5 Å². The molecule has 0 heterocycles. The topological polar surface area (TPSA) is 106 Å². The Morgan fingerprint density at radius 1 is 0.941 bits per heavy atom. The van der Waals surface area contributed by atoms with Crippen LogP contribution in [0.3, 0.4) is 0 Å². The number of halogens is 2. The maximum Gasteiger partial charge on any atom is 0.343 e. The van der Waals surface area contributed by atoms with Crippen LogP contribution in [-0.4, -0.2) is 31.1 Å². The number of rotatable bonds is 6. The van der Waals surface area contributed by atoms with Crippen LogP contribution in [-0.2, 0) is 9.59 Å². The lowest BCUT2D eigenvalue weighted by Crippen LogP contribution is -2.32. The highest BCUT2D eigenvalue weighted by Crippen LogP contribution is 2.30. The van der Waals surface area contributed by atoms with Gasteiger partial charge in [0.1, 0.15) is 0 Å². The first-order chi connectivity index (χ1) is 16.3. The van der Waals surface area contributed by atoms with Gasteiger partial charge in [-0.05, 0) is 54.4 Å². The van der Waals surface area contributed by atoms with E-state index in [9.17, 15) is 14.4 Å². The van der Waals surface area contributed by atoms with E-state index < -0.39 is 17.8 Å². The van der Waals surface area contributed by atoms with Crippen molar-refractivity contribution in [3.05, 3.63) is 87.4 Å². The minimum atomic E-state index is -1.01. The molecule has 34 heavy (non-hydrogen) atoms. The summed E-state index contributed by atoms with van der Waals surface area (Å²) in [6.07, 6.45) is 1.30. The predicted octanol–water partition coefficient (Wildman–Crippen LogP) is 4.62. The molecule has 0 fully saturated rings. The number of benzene rings is 3. The van der Waals surface area contributed by atoms with Gasteiger partial charge in [0, 0.05) is 0 Å². The third kappa shape index (κ3) is 6.12. The number of nitrogens with one attached hydrogen (secondary N) is 2. The van der Waals surface area contributed by atoms with Crippen molar-refractivity contribution in [2.24, 2.45) is 5.10 Å². The quantitative estimate of drug-likeness (QED) is 0.169. The Hall–Kier alpha value is -3.88. The molecule has 3 aromatic carbocycles. The minimum Gasteiger partial charge on any atom is -0.493 e. The maximum absolute atomic E-state index is 12.5. The van der Waals surface area contributed by atoms with Crippen LogP contribution < -0.4 is 20.2 Å². The van der Waals surface area contributed by atoms with Gasteiger partial charge in [0.25, 0.3) is 0 Å². The lowest BCUT2D eigenvalue weighted by atomic mass is 10.1. The van der Waals surface area contributed by atoms with Gasteiger partial charge >= 0.3 is 17.8 Å². The Morgan fingerprint density at radius 3 is 2.44 bits per heavy atom. The smallest absolute Gasteiger partial charge is 0.343 e. The average Bonchev–Trinajstić information content (AvgIpc) is 2.82. The van der Waals surface area contributed by atoms with E-state index in [1.54, 1.807) is 36.4 Å². The molecule has 0 aliphatic heterocycles. The summed E-state index contributed by atoms with van der Waals surface area (Å²) in [5.74, 6) is -2.00. The Bertz CT molecular complexity index is 1280. The number of carbonyl (C=O) groups excluding carboxylic acids is 3. The molecule has 3 rings (SSSR count). The van der Waals surface area contributed by atoms with Crippen LogP contribution in [0.25, 0.3) is 0 Å². The molecule has 0 saturated carbocycles. The second kappa shape index (κ2) is 11.3. The summed E-state index contributed by atoms with van der Waals surface area (Å²) in [5, 5.41) is 6.46. The van der Waals surface area contributed by atoms with Crippen LogP contribution >= 0.6 is 23.2 Å². The molecule has 0 aliphatic carbocycles. The van der Waals surface area contributed by atoms with E-state index in [4.69, 9.17) is 32.7 Å². The van der Waals surface area contributed by atoms with Crippen LogP contribution in [0.2, 0.25) is 10.0 Å². The number of carbonyl (C=O) groups is 3. The standard InChI is InChI=1S/C24H19Cl2N3O5/c1-14-6-3-4-7-16(14)24(32)34-19-11-10-15(12-20(19)33-2)13-27-29-23(31)22(30)28-18-9-5-8-17(25)21(18)26/h3-13H,1-2H3,(H,28,30)(H,29,31). The lowest BCUT2D eigenvalue weighted by Gasteiger charge is -2.11. The summed E-state index contributed by atoms with van der Waals surface area (Å²) in [6, 6.07) is 16.4. The summed E-state index contributed by atoms with van der Waals surface area (Å²) in [4.78, 5) is 36.5. The molecule has 0 saturated heterocycles. The third-order valence-electron chi connectivity index (χ3n) is 4.54. The fourth-order valence-corrected chi connectivity index (χ4v) is 3.15. The first kappa shape index (κ1) is 24.8. The van der Waals surface area contributed by atoms with Crippen molar-refractivity contribution in [1.29, 1.82) is 0 Å². The lowest BCUT2D eigenvalue weighted by molar-refractivity contribution is -0.136. The van der Waals surface area contributed by atoms with Crippen molar-refractivity contribution in [2.75, 3.05) is 12.4 Å². The van der Waals surface area contributed by atoms with Gasteiger partial charge in [0.05, 0.1) is 34.6 Å². The highest BCUT2D eigenvalue weighted by atomic mass is 35.5. The number of amides is 2. The number of aryl methyl sites for hydroxylation is 1.